The van der Waals surface area contributed by atoms with Crippen molar-refractivity contribution < 1.29 is 13.9 Å². The topological polar surface area (TPSA) is 76.4 Å². The number of esters is 1. The monoisotopic (exact) mass is 475 g/mol. The molecule has 3 atom stereocenters. The van der Waals surface area contributed by atoms with Gasteiger partial charge in [0, 0.05) is 6.04 Å². The number of hydrogen-bond donors (Lipinski definition) is 2. The molecule has 3 aromatic rings. The van der Waals surface area contributed by atoms with Gasteiger partial charge >= 0.3 is 5.97 Å². The fraction of sp³-hybridized carbons (Fsp3) is 0.517. The van der Waals surface area contributed by atoms with E-state index in [9.17, 15) is 4.79 Å². The van der Waals surface area contributed by atoms with Crippen LogP contribution in [0.5, 0.6) is 0 Å². The van der Waals surface area contributed by atoms with Crippen LogP contribution in [0, 0.1) is 17.8 Å². The molecule has 2 aliphatic rings. The largest absolute Gasteiger partial charge is 0.466 e. The number of fused-ring (bicyclic) bond motifs is 1. The van der Waals surface area contributed by atoms with E-state index in [0.717, 1.165) is 34.5 Å². The minimum absolute atomic E-state index is 0.0448. The van der Waals surface area contributed by atoms with E-state index in [1.807, 2.05) is 31.2 Å². The normalized spacial score (nSPS) is 21.1. The third-order valence-corrected chi connectivity index (χ3v) is 7.59. The Balaban J connectivity index is 1.43. The number of hydrogen-bond acceptors (Lipinski definition) is 6. The number of rotatable bonds is 9. The van der Waals surface area contributed by atoms with Crippen molar-refractivity contribution in [2.24, 2.45) is 17.8 Å². The van der Waals surface area contributed by atoms with Crippen LogP contribution in [-0.2, 0) is 9.53 Å². The molecule has 2 fully saturated rings. The maximum absolute atomic E-state index is 12.3. The molecule has 0 aliphatic heterocycles. The number of carbonyl (C=O) groups is 1. The standard InChI is InChI=1S/C29H37N3O3/c1-4-34-28(33)22-17-21(22)20-14-15-23(30-27(18(2)3)19-10-6-5-7-11-19)25(16-20)32-29-31-24-12-8-9-13-26(24)35-29/h8-9,12-16,18-19,21-22,27,30H,4-7,10-11,17H2,1-3H3,(H,31,32). The van der Waals surface area contributed by atoms with Crippen molar-refractivity contribution in [1.82, 2.24) is 4.98 Å². The molecule has 0 radical (unpaired) electrons. The minimum atomic E-state index is -0.0923. The van der Waals surface area contributed by atoms with E-state index in [1.54, 1.807) is 0 Å². The Morgan fingerprint density at radius 3 is 2.66 bits per heavy atom. The van der Waals surface area contributed by atoms with E-state index in [4.69, 9.17) is 9.15 Å². The fourth-order valence-electron chi connectivity index (χ4n) is 5.64. The average Bonchev–Trinajstić information content (AvgIpc) is 3.56. The Morgan fingerprint density at radius 1 is 1.11 bits per heavy atom. The lowest BCUT2D eigenvalue weighted by molar-refractivity contribution is -0.144. The molecule has 6 heteroatoms. The third kappa shape index (κ3) is 5.31. The van der Waals surface area contributed by atoms with Crippen molar-refractivity contribution >= 4 is 34.5 Å². The average molecular weight is 476 g/mol. The Bertz CT molecular complexity index is 1130. The van der Waals surface area contributed by atoms with Crippen LogP contribution in [0.1, 0.15) is 70.8 Å². The first-order chi connectivity index (χ1) is 17.0. The van der Waals surface area contributed by atoms with Gasteiger partial charge in [-0.1, -0.05) is 51.3 Å². The lowest BCUT2D eigenvalue weighted by Crippen LogP contribution is -2.35. The number of nitrogens with zero attached hydrogens (tertiary/aromatic N) is 1. The highest BCUT2D eigenvalue weighted by molar-refractivity contribution is 5.80. The van der Waals surface area contributed by atoms with Crippen LogP contribution in [0.15, 0.2) is 46.9 Å². The summed E-state index contributed by atoms with van der Waals surface area (Å²) >= 11 is 0. The number of oxazole rings is 1. The summed E-state index contributed by atoms with van der Waals surface area (Å²) in [7, 11) is 0. The van der Waals surface area contributed by atoms with Gasteiger partial charge in [-0.2, -0.15) is 4.98 Å². The Morgan fingerprint density at radius 2 is 1.91 bits per heavy atom. The summed E-state index contributed by atoms with van der Waals surface area (Å²) < 4.78 is 11.2. The molecule has 1 aromatic heterocycles. The van der Waals surface area contributed by atoms with Crippen molar-refractivity contribution in [2.45, 2.75) is 71.3 Å². The van der Waals surface area contributed by atoms with Gasteiger partial charge in [0.2, 0.25) is 0 Å². The molecule has 186 valence electrons. The fourth-order valence-corrected chi connectivity index (χ4v) is 5.64. The summed E-state index contributed by atoms with van der Waals surface area (Å²) in [5.41, 5.74) is 4.71. The van der Waals surface area contributed by atoms with Gasteiger partial charge in [0.05, 0.1) is 23.9 Å². The van der Waals surface area contributed by atoms with Crippen molar-refractivity contribution in [1.29, 1.82) is 0 Å². The van der Waals surface area contributed by atoms with E-state index in [1.165, 1.54) is 32.1 Å². The van der Waals surface area contributed by atoms with Gasteiger partial charge in [-0.15, -0.1) is 0 Å². The van der Waals surface area contributed by atoms with Gasteiger partial charge in [-0.05, 0) is 73.8 Å². The number of ether oxygens (including phenoxy) is 1. The van der Waals surface area contributed by atoms with Crippen LogP contribution in [0.25, 0.3) is 11.1 Å². The first-order valence-corrected chi connectivity index (χ1v) is 13.2. The van der Waals surface area contributed by atoms with Crippen molar-refractivity contribution in [3.05, 3.63) is 48.0 Å². The molecule has 35 heavy (non-hydrogen) atoms. The zero-order chi connectivity index (χ0) is 24.4. The molecule has 2 N–H and O–H groups in total. The second kappa shape index (κ2) is 10.3. The lowest BCUT2D eigenvalue weighted by Gasteiger charge is -2.35. The zero-order valence-corrected chi connectivity index (χ0v) is 21.0. The Kier molecular flexibility index (Phi) is 6.98. The lowest BCUT2D eigenvalue weighted by atomic mass is 9.79. The van der Waals surface area contributed by atoms with Crippen molar-refractivity contribution in [3.8, 4) is 0 Å². The van der Waals surface area contributed by atoms with Crippen molar-refractivity contribution in [3.63, 3.8) is 0 Å². The minimum Gasteiger partial charge on any atom is -0.466 e. The van der Waals surface area contributed by atoms with Gasteiger partial charge < -0.3 is 19.8 Å². The van der Waals surface area contributed by atoms with Crippen LogP contribution in [0.4, 0.5) is 17.4 Å². The predicted molar refractivity (Wildman–Crippen MR) is 140 cm³/mol. The van der Waals surface area contributed by atoms with Gasteiger partial charge in [0.1, 0.15) is 5.52 Å². The van der Waals surface area contributed by atoms with Crippen LogP contribution >= 0.6 is 0 Å². The van der Waals surface area contributed by atoms with Gasteiger partial charge in [-0.25, -0.2) is 0 Å². The van der Waals surface area contributed by atoms with E-state index in [2.05, 4.69) is 47.7 Å². The molecule has 2 aliphatic carbocycles. The molecule has 2 aromatic carbocycles. The van der Waals surface area contributed by atoms with Gasteiger partial charge in [0.15, 0.2) is 5.58 Å². The highest BCUT2D eigenvalue weighted by atomic mass is 16.5. The van der Waals surface area contributed by atoms with Gasteiger partial charge in [-0.3, -0.25) is 4.79 Å². The number of para-hydroxylation sites is 2. The summed E-state index contributed by atoms with van der Waals surface area (Å²) in [5.74, 6) is 1.26. The molecular formula is C29H37N3O3. The maximum atomic E-state index is 12.3. The second-order valence-corrected chi connectivity index (χ2v) is 10.4. The summed E-state index contributed by atoms with van der Waals surface area (Å²) in [4.78, 5) is 16.9. The number of nitrogens with one attached hydrogen (secondary N) is 2. The number of benzene rings is 2. The SMILES string of the molecule is CCOC(=O)C1CC1c1ccc(NC(C(C)C)C2CCCCC2)c(Nc2nc3ccccc3o2)c1. The maximum Gasteiger partial charge on any atom is 0.309 e. The molecule has 0 saturated heterocycles. The Hall–Kier alpha value is -3.02. The van der Waals surface area contributed by atoms with E-state index in [0.29, 0.717) is 30.5 Å². The summed E-state index contributed by atoms with van der Waals surface area (Å²) in [6.45, 7) is 6.90. The zero-order valence-electron chi connectivity index (χ0n) is 21.0. The highest BCUT2D eigenvalue weighted by Crippen LogP contribution is 2.49. The summed E-state index contributed by atoms with van der Waals surface area (Å²) in [6, 6.07) is 15.1. The molecule has 0 amide bonds. The number of anilines is 3. The van der Waals surface area contributed by atoms with Crippen LogP contribution in [0.3, 0.4) is 0 Å². The molecule has 6 nitrogen and oxygen atoms in total. The van der Waals surface area contributed by atoms with Crippen LogP contribution in [-0.4, -0.2) is 23.6 Å². The first-order valence-electron chi connectivity index (χ1n) is 13.2. The molecular weight excluding hydrogens is 438 g/mol. The van der Waals surface area contributed by atoms with Crippen molar-refractivity contribution in [2.75, 3.05) is 17.2 Å². The van der Waals surface area contributed by atoms with E-state index >= 15 is 0 Å². The highest BCUT2D eigenvalue weighted by Gasteiger charge is 2.45. The molecule has 0 bridgehead atoms. The molecule has 3 unspecified atom stereocenters. The third-order valence-electron chi connectivity index (χ3n) is 7.59. The second-order valence-electron chi connectivity index (χ2n) is 10.4. The molecule has 2 saturated carbocycles. The smallest absolute Gasteiger partial charge is 0.309 e. The summed E-state index contributed by atoms with van der Waals surface area (Å²) in [6.07, 6.45) is 7.39. The molecule has 5 rings (SSSR count). The predicted octanol–water partition coefficient (Wildman–Crippen LogP) is 7.25. The van der Waals surface area contributed by atoms with Gasteiger partial charge in [0.25, 0.3) is 6.01 Å². The number of aromatic nitrogens is 1. The van der Waals surface area contributed by atoms with Crippen LogP contribution in [0.2, 0.25) is 0 Å². The van der Waals surface area contributed by atoms with E-state index < -0.39 is 0 Å². The Labute approximate surface area is 207 Å². The van der Waals surface area contributed by atoms with Crippen LogP contribution < -0.4 is 10.6 Å². The molecule has 1 heterocycles. The number of carbonyl (C=O) groups excluding carboxylic acids is 1. The van der Waals surface area contributed by atoms with E-state index in [-0.39, 0.29) is 17.8 Å². The first kappa shape index (κ1) is 23.7. The quantitative estimate of drug-likeness (QED) is 0.317. The summed E-state index contributed by atoms with van der Waals surface area (Å²) in [5, 5.41) is 7.33. The molecule has 0 spiro atoms.